The maximum atomic E-state index is 14.0. The third-order valence-electron chi connectivity index (χ3n) is 6.59. The fraction of sp³-hybridized carbons (Fsp3) is 0.355. The van der Waals surface area contributed by atoms with E-state index in [0.29, 0.717) is 18.0 Å². The summed E-state index contributed by atoms with van der Waals surface area (Å²) in [5, 5.41) is 2.88. The second kappa shape index (κ2) is 14.0. The topological polar surface area (TPSA) is 105 Å². The first-order chi connectivity index (χ1) is 19.5. The molecule has 1 N–H and O–H groups in total. The van der Waals surface area contributed by atoms with E-state index in [1.54, 1.807) is 74.7 Å². The van der Waals surface area contributed by atoms with Gasteiger partial charge in [-0.05, 0) is 61.7 Å². The lowest BCUT2D eigenvalue weighted by Gasteiger charge is -2.32. The average molecular weight is 582 g/mol. The van der Waals surface area contributed by atoms with E-state index >= 15 is 0 Å². The number of sulfonamides is 1. The highest BCUT2D eigenvalue weighted by Gasteiger charge is 2.32. The van der Waals surface area contributed by atoms with Gasteiger partial charge >= 0.3 is 0 Å². The van der Waals surface area contributed by atoms with Crippen molar-refractivity contribution in [2.24, 2.45) is 5.92 Å². The van der Waals surface area contributed by atoms with E-state index in [4.69, 9.17) is 9.47 Å². The number of aryl methyl sites for hydroxylation is 1. The van der Waals surface area contributed by atoms with Gasteiger partial charge in [0, 0.05) is 19.2 Å². The Morgan fingerprint density at radius 1 is 0.878 bits per heavy atom. The summed E-state index contributed by atoms with van der Waals surface area (Å²) in [6, 6.07) is 19.2. The summed E-state index contributed by atoms with van der Waals surface area (Å²) in [5.74, 6) is 0.458. The van der Waals surface area contributed by atoms with Crippen molar-refractivity contribution in [1.29, 1.82) is 0 Å². The number of hydrogen-bond donors (Lipinski definition) is 1. The number of nitrogens with zero attached hydrogens (tertiary/aromatic N) is 2. The maximum absolute atomic E-state index is 14.0. The third-order valence-corrected chi connectivity index (χ3v) is 8.38. The molecule has 3 aromatic carbocycles. The molecule has 0 spiro atoms. The van der Waals surface area contributed by atoms with Crippen molar-refractivity contribution < 1.29 is 27.5 Å². The standard InChI is InChI=1S/C31H39N3O6S/c1-22(2)19-32-31(36)24(4)33(20-25-12-14-27(39-5)15-13-25)30(35)21-34(26-8-7-9-28(18-26)40-6)41(37,38)29-16-10-23(3)11-17-29/h7-18,22,24H,19-21H2,1-6H3,(H,32,36)/t24-/m0/s1. The van der Waals surface area contributed by atoms with Crippen molar-refractivity contribution in [3.8, 4) is 11.5 Å². The van der Waals surface area contributed by atoms with Crippen molar-refractivity contribution in [2.45, 2.75) is 45.2 Å². The Kier molecular flexibility index (Phi) is 10.8. The molecule has 0 aliphatic heterocycles. The minimum Gasteiger partial charge on any atom is -0.497 e. The lowest BCUT2D eigenvalue weighted by molar-refractivity contribution is -0.139. The predicted molar refractivity (Wildman–Crippen MR) is 160 cm³/mol. The van der Waals surface area contributed by atoms with Crippen molar-refractivity contribution >= 4 is 27.5 Å². The van der Waals surface area contributed by atoms with Crippen LogP contribution in [0.3, 0.4) is 0 Å². The van der Waals surface area contributed by atoms with Crippen LogP contribution in [-0.2, 0) is 26.2 Å². The molecule has 0 bridgehead atoms. The molecule has 3 rings (SSSR count). The van der Waals surface area contributed by atoms with E-state index in [9.17, 15) is 18.0 Å². The van der Waals surface area contributed by atoms with Gasteiger partial charge in [-0.15, -0.1) is 0 Å². The number of benzene rings is 3. The Balaban J connectivity index is 2.02. The molecule has 0 radical (unpaired) electrons. The molecular formula is C31H39N3O6S. The number of nitrogens with one attached hydrogen (secondary N) is 1. The number of rotatable bonds is 13. The molecule has 0 aromatic heterocycles. The average Bonchev–Trinajstić information content (AvgIpc) is 2.97. The molecule has 0 saturated heterocycles. The molecule has 0 unspecified atom stereocenters. The van der Waals surface area contributed by atoms with Crippen LogP contribution in [0.4, 0.5) is 5.69 Å². The minimum atomic E-state index is -4.16. The van der Waals surface area contributed by atoms with Crippen molar-refractivity contribution in [2.75, 3.05) is 31.6 Å². The van der Waals surface area contributed by atoms with E-state index in [-0.39, 0.29) is 29.0 Å². The van der Waals surface area contributed by atoms with Gasteiger partial charge in [0.25, 0.3) is 10.0 Å². The van der Waals surface area contributed by atoms with Crippen molar-refractivity contribution in [3.63, 3.8) is 0 Å². The summed E-state index contributed by atoms with van der Waals surface area (Å²) in [6.45, 7) is 7.48. The van der Waals surface area contributed by atoms with Gasteiger partial charge < -0.3 is 19.7 Å². The Morgan fingerprint density at radius 2 is 1.51 bits per heavy atom. The second-order valence-corrected chi connectivity index (χ2v) is 12.1. The van der Waals surface area contributed by atoms with Gasteiger partial charge in [0.2, 0.25) is 11.8 Å². The molecule has 3 aromatic rings. The monoisotopic (exact) mass is 581 g/mol. The normalized spacial score (nSPS) is 12.0. The van der Waals surface area contributed by atoms with Crippen LogP contribution in [0, 0.1) is 12.8 Å². The maximum Gasteiger partial charge on any atom is 0.264 e. The number of anilines is 1. The van der Waals surface area contributed by atoms with E-state index in [1.165, 1.54) is 24.1 Å². The first kappa shape index (κ1) is 31.5. The smallest absolute Gasteiger partial charge is 0.264 e. The Bertz CT molecular complexity index is 1420. The Hall–Kier alpha value is -4.05. The first-order valence-corrected chi connectivity index (χ1v) is 14.8. The highest BCUT2D eigenvalue weighted by Crippen LogP contribution is 2.28. The zero-order chi connectivity index (χ0) is 30.2. The third kappa shape index (κ3) is 8.23. The van der Waals surface area contributed by atoms with Crippen molar-refractivity contribution in [1.82, 2.24) is 10.2 Å². The SMILES string of the molecule is COc1ccc(CN(C(=O)CN(c2cccc(OC)c2)S(=O)(=O)c2ccc(C)cc2)[C@@H](C)C(=O)NCC(C)C)cc1. The summed E-state index contributed by atoms with van der Waals surface area (Å²) in [7, 11) is -1.11. The van der Waals surface area contributed by atoms with Gasteiger partial charge in [0.1, 0.15) is 24.1 Å². The van der Waals surface area contributed by atoms with Gasteiger partial charge in [-0.1, -0.05) is 49.7 Å². The fourth-order valence-corrected chi connectivity index (χ4v) is 5.50. The van der Waals surface area contributed by atoms with Crippen LogP contribution in [0.15, 0.2) is 77.7 Å². The number of ether oxygens (including phenoxy) is 2. The Morgan fingerprint density at radius 3 is 2.10 bits per heavy atom. The van der Waals surface area contributed by atoms with Gasteiger partial charge in [0.15, 0.2) is 0 Å². The van der Waals surface area contributed by atoms with E-state index in [1.807, 2.05) is 20.8 Å². The molecule has 41 heavy (non-hydrogen) atoms. The van der Waals surface area contributed by atoms with Gasteiger partial charge in [0.05, 0.1) is 24.8 Å². The lowest BCUT2D eigenvalue weighted by atomic mass is 10.1. The van der Waals surface area contributed by atoms with Gasteiger partial charge in [-0.3, -0.25) is 13.9 Å². The zero-order valence-corrected chi connectivity index (χ0v) is 25.3. The number of hydrogen-bond acceptors (Lipinski definition) is 6. The summed E-state index contributed by atoms with van der Waals surface area (Å²) >= 11 is 0. The van der Waals surface area contributed by atoms with Gasteiger partial charge in [-0.25, -0.2) is 8.42 Å². The van der Waals surface area contributed by atoms with E-state index < -0.39 is 28.5 Å². The van der Waals surface area contributed by atoms with Crippen LogP contribution < -0.4 is 19.1 Å². The minimum absolute atomic E-state index is 0.0446. The van der Waals surface area contributed by atoms with Crippen LogP contribution >= 0.6 is 0 Å². The summed E-state index contributed by atoms with van der Waals surface area (Å²) in [6.07, 6.45) is 0. The first-order valence-electron chi connectivity index (χ1n) is 13.4. The zero-order valence-electron chi connectivity index (χ0n) is 24.5. The van der Waals surface area contributed by atoms with Gasteiger partial charge in [-0.2, -0.15) is 0 Å². The lowest BCUT2D eigenvalue weighted by Crippen LogP contribution is -2.51. The molecule has 1 atom stereocenters. The van der Waals surface area contributed by atoms with Crippen LogP contribution in [-0.4, -0.2) is 58.5 Å². The van der Waals surface area contributed by atoms with Crippen LogP contribution in [0.2, 0.25) is 0 Å². The molecular weight excluding hydrogens is 542 g/mol. The molecule has 0 aliphatic carbocycles. The number of amides is 2. The predicted octanol–water partition coefficient (Wildman–Crippen LogP) is 4.40. The molecule has 0 fully saturated rings. The number of carbonyl (C=O) groups excluding carboxylic acids is 2. The number of methoxy groups -OCH3 is 2. The molecule has 10 heteroatoms. The highest BCUT2D eigenvalue weighted by molar-refractivity contribution is 7.92. The highest BCUT2D eigenvalue weighted by atomic mass is 32.2. The van der Waals surface area contributed by atoms with E-state index in [2.05, 4.69) is 5.32 Å². The largest absolute Gasteiger partial charge is 0.497 e. The van der Waals surface area contributed by atoms with Crippen LogP contribution in [0.25, 0.3) is 0 Å². The fourth-order valence-electron chi connectivity index (χ4n) is 4.09. The molecule has 2 amide bonds. The molecule has 0 heterocycles. The summed E-state index contributed by atoms with van der Waals surface area (Å²) in [5.41, 5.74) is 1.93. The van der Waals surface area contributed by atoms with Crippen molar-refractivity contribution in [3.05, 3.63) is 83.9 Å². The molecule has 9 nitrogen and oxygen atoms in total. The van der Waals surface area contributed by atoms with Crippen LogP contribution in [0.5, 0.6) is 11.5 Å². The number of carbonyl (C=O) groups is 2. The Labute approximate surface area is 243 Å². The quantitative estimate of drug-likeness (QED) is 0.321. The molecule has 0 saturated carbocycles. The molecule has 0 aliphatic rings. The van der Waals surface area contributed by atoms with E-state index in [0.717, 1.165) is 15.4 Å². The van der Waals surface area contributed by atoms with Crippen LogP contribution in [0.1, 0.15) is 31.9 Å². The summed E-state index contributed by atoms with van der Waals surface area (Å²) in [4.78, 5) is 28.6. The summed E-state index contributed by atoms with van der Waals surface area (Å²) < 4.78 is 39.5. The second-order valence-electron chi connectivity index (χ2n) is 10.2. The molecule has 220 valence electrons.